The lowest BCUT2D eigenvalue weighted by atomic mass is 10.1. The predicted molar refractivity (Wildman–Crippen MR) is 123 cm³/mol. The number of carbonyl (C=O) groups excluding carboxylic acids is 2. The van der Waals surface area contributed by atoms with Crippen molar-refractivity contribution in [3.63, 3.8) is 0 Å². The van der Waals surface area contributed by atoms with E-state index < -0.39 is 0 Å². The highest BCUT2D eigenvalue weighted by atomic mass is 32.2. The molecule has 8 nitrogen and oxygen atoms in total. The van der Waals surface area contributed by atoms with Gasteiger partial charge in [0.05, 0.1) is 30.9 Å². The number of phenolic OH excluding ortho intramolecular Hbond substituents is 1. The fraction of sp³-hybridized carbons (Fsp3) is 0.261. The fourth-order valence-electron chi connectivity index (χ4n) is 3.35. The zero-order valence-electron chi connectivity index (χ0n) is 17.8. The number of hydrogen-bond donors (Lipinski definition) is 1. The van der Waals surface area contributed by atoms with Crippen molar-refractivity contribution in [2.45, 2.75) is 0 Å². The number of nitrogens with zero attached hydrogens (tertiary/aromatic N) is 3. The molecule has 0 radical (unpaired) electrons. The molecule has 32 heavy (non-hydrogen) atoms. The fourth-order valence-corrected chi connectivity index (χ4v) is 4.34. The normalized spacial score (nSPS) is 19.1. The highest BCUT2D eigenvalue weighted by molar-refractivity contribution is 8.18. The summed E-state index contributed by atoms with van der Waals surface area (Å²) in [7, 11) is 3.13. The van der Waals surface area contributed by atoms with Crippen molar-refractivity contribution in [1.29, 1.82) is 0 Å². The average molecular weight is 454 g/mol. The lowest BCUT2D eigenvalue weighted by Crippen LogP contribution is -2.40. The zero-order valence-corrected chi connectivity index (χ0v) is 18.6. The Kier molecular flexibility index (Phi) is 6.48. The lowest BCUT2D eigenvalue weighted by Gasteiger charge is -2.26. The maximum absolute atomic E-state index is 12.8. The van der Waals surface area contributed by atoms with Gasteiger partial charge in [0, 0.05) is 25.7 Å². The molecule has 9 heteroatoms. The Hall–Kier alpha value is -3.30. The van der Waals surface area contributed by atoms with Gasteiger partial charge in [-0.25, -0.2) is 4.99 Å². The first-order valence-corrected chi connectivity index (χ1v) is 10.9. The number of hydrogen-bond acceptors (Lipinski definition) is 7. The third-order valence-corrected chi connectivity index (χ3v) is 6.18. The van der Waals surface area contributed by atoms with Crippen LogP contribution in [-0.2, 0) is 9.53 Å². The molecule has 2 heterocycles. The Morgan fingerprint density at radius 2 is 2.00 bits per heavy atom. The van der Waals surface area contributed by atoms with E-state index in [1.807, 2.05) is 0 Å². The monoisotopic (exact) mass is 453 g/mol. The minimum atomic E-state index is -0.179. The van der Waals surface area contributed by atoms with Crippen molar-refractivity contribution in [1.82, 2.24) is 9.80 Å². The molecule has 0 aliphatic carbocycles. The number of likely N-dealkylation sites (N-methyl/N-ethyl adjacent to an activating group) is 1. The van der Waals surface area contributed by atoms with Gasteiger partial charge >= 0.3 is 0 Å². The average Bonchev–Trinajstić information content (AvgIpc) is 3.08. The molecule has 0 spiro atoms. The van der Waals surface area contributed by atoms with Gasteiger partial charge in [-0.05, 0) is 53.7 Å². The number of rotatable bonds is 4. The summed E-state index contributed by atoms with van der Waals surface area (Å²) in [6.45, 7) is 2.22. The molecule has 2 fully saturated rings. The second-order valence-electron chi connectivity index (χ2n) is 7.26. The first-order chi connectivity index (χ1) is 15.5. The summed E-state index contributed by atoms with van der Waals surface area (Å²) < 4.78 is 10.4. The standard InChI is InChI=1S/C23H23N3O5S/c1-25-22(29)20(13-15-6-7-18(27)19(12-15)30-2)32-23(25)24-17-5-3-4-16(14-17)21(28)26-8-10-31-11-9-26/h3-7,12-14,27H,8-11H2,1-2H3/b20-13+,24-23?. The van der Waals surface area contributed by atoms with E-state index in [4.69, 9.17) is 9.47 Å². The van der Waals surface area contributed by atoms with Crippen LogP contribution in [0.15, 0.2) is 52.4 Å². The van der Waals surface area contributed by atoms with Crippen molar-refractivity contribution in [3.8, 4) is 11.5 Å². The van der Waals surface area contributed by atoms with E-state index in [0.717, 1.165) is 5.56 Å². The number of ether oxygens (including phenoxy) is 2. The predicted octanol–water partition coefficient (Wildman–Crippen LogP) is 3.11. The molecule has 0 unspecified atom stereocenters. The molecule has 2 aliphatic heterocycles. The molecule has 0 atom stereocenters. The number of aromatic hydroxyl groups is 1. The third kappa shape index (κ3) is 4.63. The number of amides is 2. The number of methoxy groups -OCH3 is 1. The molecule has 2 aromatic rings. The molecule has 1 N–H and O–H groups in total. The van der Waals surface area contributed by atoms with E-state index in [1.165, 1.54) is 29.8 Å². The van der Waals surface area contributed by atoms with Gasteiger partial charge in [0.2, 0.25) is 0 Å². The Bertz CT molecular complexity index is 1110. The van der Waals surface area contributed by atoms with Gasteiger partial charge in [0.15, 0.2) is 16.7 Å². The molecule has 0 bridgehead atoms. The van der Waals surface area contributed by atoms with Crippen molar-refractivity contribution in [3.05, 3.63) is 58.5 Å². The number of phenols is 1. The second-order valence-corrected chi connectivity index (χ2v) is 8.26. The zero-order chi connectivity index (χ0) is 22.7. The van der Waals surface area contributed by atoms with Gasteiger partial charge in [-0.15, -0.1) is 0 Å². The molecule has 4 rings (SSSR count). The summed E-state index contributed by atoms with van der Waals surface area (Å²) in [6, 6.07) is 12.0. The van der Waals surface area contributed by atoms with Crippen molar-refractivity contribution in [2.24, 2.45) is 4.99 Å². The van der Waals surface area contributed by atoms with Gasteiger partial charge in [-0.1, -0.05) is 12.1 Å². The van der Waals surface area contributed by atoms with Crippen LogP contribution in [0.1, 0.15) is 15.9 Å². The molecule has 0 aromatic heterocycles. The van der Waals surface area contributed by atoms with E-state index in [1.54, 1.807) is 54.4 Å². The Morgan fingerprint density at radius 3 is 2.75 bits per heavy atom. The van der Waals surface area contributed by atoms with Crippen molar-refractivity contribution in [2.75, 3.05) is 40.5 Å². The number of carbonyl (C=O) groups is 2. The maximum atomic E-state index is 12.8. The third-order valence-electron chi connectivity index (χ3n) is 5.12. The van der Waals surface area contributed by atoms with Crippen LogP contribution in [0.4, 0.5) is 5.69 Å². The number of benzene rings is 2. The SMILES string of the molecule is COc1cc(/C=C2/SC(=Nc3cccc(C(=O)N4CCOCC4)c3)N(C)C2=O)ccc1O. The van der Waals surface area contributed by atoms with E-state index in [2.05, 4.69) is 4.99 Å². The summed E-state index contributed by atoms with van der Waals surface area (Å²) in [5.74, 6) is 0.131. The molecular formula is C23H23N3O5S. The smallest absolute Gasteiger partial charge is 0.266 e. The number of morpholine rings is 1. The van der Waals surface area contributed by atoms with Crippen molar-refractivity contribution >= 4 is 40.5 Å². The van der Waals surface area contributed by atoms with Crippen molar-refractivity contribution < 1.29 is 24.2 Å². The lowest BCUT2D eigenvalue weighted by molar-refractivity contribution is -0.121. The molecular weight excluding hydrogens is 430 g/mol. The highest BCUT2D eigenvalue weighted by Gasteiger charge is 2.30. The van der Waals surface area contributed by atoms with Crippen LogP contribution in [0, 0.1) is 0 Å². The Morgan fingerprint density at radius 1 is 1.22 bits per heavy atom. The minimum absolute atomic E-state index is 0.0333. The van der Waals surface area contributed by atoms with Crippen LogP contribution in [0.2, 0.25) is 0 Å². The number of thioether (sulfide) groups is 1. The van der Waals surface area contributed by atoms with Gasteiger partial charge in [0.25, 0.3) is 11.8 Å². The van der Waals surface area contributed by atoms with Crippen LogP contribution < -0.4 is 4.74 Å². The summed E-state index contributed by atoms with van der Waals surface area (Å²) >= 11 is 1.25. The molecule has 2 aromatic carbocycles. The molecule has 2 amide bonds. The maximum Gasteiger partial charge on any atom is 0.266 e. The Labute approximate surface area is 190 Å². The van der Waals surface area contributed by atoms with Gasteiger partial charge in [-0.3, -0.25) is 14.5 Å². The number of amidine groups is 1. The Balaban J connectivity index is 1.56. The first-order valence-electron chi connectivity index (χ1n) is 10.1. The van der Waals surface area contributed by atoms with E-state index >= 15 is 0 Å². The molecule has 0 saturated carbocycles. The van der Waals surface area contributed by atoms with Crippen LogP contribution in [-0.4, -0.2) is 72.3 Å². The highest BCUT2D eigenvalue weighted by Crippen LogP contribution is 2.35. The van der Waals surface area contributed by atoms with Gasteiger partial charge in [-0.2, -0.15) is 0 Å². The molecule has 2 saturated heterocycles. The largest absolute Gasteiger partial charge is 0.504 e. The summed E-state index contributed by atoms with van der Waals surface area (Å²) in [4.78, 5) is 33.8. The molecule has 2 aliphatic rings. The second kappa shape index (κ2) is 9.46. The summed E-state index contributed by atoms with van der Waals surface area (Å²) in [5.41, 5.74) is 1.87. The van der Waals surface area contributed by atoms with E-state index in [9.17, 15) is 14.7 Å². The first kappa shape index (κ1) is 21.9. The molecule has 166 valence electrons. The van der Waals surface area contributed by atoms with Crippen LogP contribution in [0.25, 0.3) is 6.08 Å². The topological polar surface area (TPSA) is 91.7 Å². The van der Waals surface area contributed by atoms with Crippen LogP contribution >= 0.6 is 11.8 Å². The minimum Gasteiger partial charge on any atom is -0.504 e. The number of aliphatic imine (C=N–C) groups is 1. The van der Waals surface area contributed by atoms with Gasteiger partial charge < -0.3 is 19.5 Å². The summed E-state index contributed by atoms with van der Waals surface area (Å²) in [5, 5.41) is 10.3. The van der Waals surface area contributed by atoms with E-state index in [0.29, 0.717) is 53.4 Å². The van der Waals surface area contributed by atoms with E-state index in [-0.39, 0.29) is 17.6 Å². The van der Waals surface area contributed by atoms with Crippen LogP contribution in [0.5, 0.6) is 11.5 Å². The van der Waals surface area contributed by atoms with Gasteiger partial charge in [0.1, 0.15) is 0 Å². The summed E-state index contributed by atoms with van der Waals surface area (Å²) in [6.07, 6.45) is 1.73. The van der Waals surface area contributed by atoms with Crippen LogP contribution in [0.3, 0.4) is 0 Å². The quantitative estimate of drug-likeness (QED) is 0.716.